The third-order valence-corrected chi connectivity index (χ3v) is 7.78. The molecular formula is C38H73NO. The summed E-state index contributed by atoms with van der Waals surface area (Å²) < 4.78 is 5.81. The second-order valence-electron chi connectivity index (χ2n) is 11.9. The summed E-state index contributed by atoms with van der Waals surface area (Å²) >= 11 is 0. The van der Waals surface area contributed by atoms with Crippen molar-refractivity contribution in [1.82, 2.24) is 5.32 Å². The van der Waals surface area contributed by atoms with E-state index in [2.05, 4.69) is 55.6 Å². The molecule has 0 aromatic carbocycles. The first-order valence-electron chi connectivity index (χ1n) is 18.1. The second-order valence-corrected chi connectivity index (χ2v) is 11.9. The number of nitrogens with one attached hydrogen (secondary N) is 1. The molecule has 0 aliphatic heterocycles. The summed E-state index contributed by atoms with van der Waals surface area (Å²) in [6.07, 6.45) is 49.1. The van der Waals surface area contributed by atoms with E-state index >= 15 is 0 Å². The van der Waals surface area contributed by atoms with Crippen molar-refractivity contribution >= 4 is 0 Å². The summed E-state index contributed by atoms with van der Waals surface area (Å²) in [5.41, 5.74) is 0. The summed E-state index contributed by atoms with van der Waals surface area (Å²) in [6.45, 7) is 8.51. The van der Waals surface area contributed by atoms with Crippen LogP contribution in [0.3, 0.4) is 0 Å². The van der Waals surface area contributed by atoms with E-state index in [4.69, 9.17) is 4.74 Å². The zero-order valence-corrected chi connectivity index (χ0v) is 27.6. The van der Waals surface area contributed by atoms with E-state index < -0.39 is 0 Å². The van der Waals surface area contributed by atoms with Crippen LogP contribution in [0.25, 0.3) is 0 Å². The molecule has 1 N–H and O–H groups in total. The van der Waals surface area contributed by atoms with Crippen LogP contribution in [0.2, 0.25) is 0 Å². The minimum absolute atomic E-state index is 0.868. The Morgan fingerprint density at radius 3 is 1.32 bits per heavy atom. The summed E-state index contributed by atoms with van der Waals surface area (Å²) in [5.74, 6) is 0. The van der Waals surface area contributed by atoms with Crippen LogP contribution in [0.5, 0.6) is 0 Å². The first kappa shape index (κ1) is 39.1. The monoisotopic (exact) mass is 560 g/mol. The topological polar surface area (TPSA) is 21.3 Å². The average molecular weight is 560 g/mol. The Labute approximate surface area is 253 Å². The Hall–Kier alpha value is -0.860. The van der Waals surface area contributed by atoms with Crippen molar-refractivity contribution in [3.8, 4) is 0 Å². The Balaban J connectivity index is 3.12. The average Bonchev–Trinajstić information content (AvgIpc) is 2.97. The highest BCUT2D eigenvalue weighted by Gasteiger charge is 1.94. The molecule has 0 saturated carbocycles. The van der Waals surface area contributed by atoms with E-state index in [0.717, 1.165) is 32.7 Å². The highest BCUT2D eigenvalue weighted by molar-refractivity contribution is 4.92. The fourth-order valence-electron chi connectivity index (χ4n) is 5.06. The Bertz CT molecular complexity index is 524. The summed E-state index contributed by atoms with van der Waals surface area (Å²) in [6, 6.07) is 0. The van der Waals surface area contributed by atoms with Gasteiger partial charge in [0.2, 0.25) is 0 Å². The van der Waals surface area contributed by atoms with Gasteiger partial charge in [0.05, 0.1) is 6.61 Å². The van der Waals surface area contributed by atoms with Crippen molar-refractivity contribution in [3.63, 3.8) is 0 Å². The molecule has 2 heteroatoms. The van der Waals surface area contributed by atoms with E-state index in [1.165, 1.54) is 161 Å². The molecule has 40 heavy (non-hydrogen) atoms. The number of rotatable bonds is 34. The Morgan fingerprint density at radius 1 is 0.375 bits per heavy atom. The predicted octanol–water partition coefficient (Wildman–Crippen LogP) is 12.4. The molecule has 2 nitrogen and oxygen atoms in total. The largest absolute Gasteiger partial charge is 0.380 e. The highest BCUT2D eigenvalue weighted by atomic mass is 16.5. The van der Waals surface area contributed by atoms with Crippen molar-refractivity contribution in [2.45, 2.75) is 181 Å². The molecule has 0 aromatic heterocycles. The SMILES string of the molecule is CCCCC/C=C\CC=CCCCCCCCCNCCOCCCCCCCC/C=C\CCCCCCCC. The van der Waals surface area contributed by atoms with Crippen LogP contribution in [0.15, 0.2) is 36.5 Å². The molecule has 0 heterocycles. The molecule has 0 atom stereocenters. The van der Waals surface area contributed by atoms with Crippen LogP contribution >= 0.6 is 0 Å². The van der Waals surface area contributed by atoms with Crippen molar-refractivity contribution in [1.29, 1.82) is 0 Å². The lowest BCUT2D eigenvalue weighted by molar-refractivity contribution is 0.131. The minimum atomic E-state index is 0.868. The van der Waals surface area contributed by atoms with Gasteiger partial charge in [-0.3, -0.25) is 0 Å². The zero-order valence-electron chi connectivity index (χ0n) is 27.6. The van der Waals surface area contributed by atoms with E-state index in [1.54, 1.807) is 0 Å². The van der Waals surface area contributed by atoms with Crippen LogP contribution in [0, 0.1) is 0 Å². The van der Waals surface area contributed by atoms with Gasteiger partial charge in [0.25, 0.3) is 0 Å². The van der Waals surface area contributed by atoms with Crippen molar-refractivity contribution in [2.75, 3.05) is 26.3 Å². The van der Waals surface area contributed by atoms with E-state index in [0.29, 0.717) is 0 Å². The number of hydrogen-bond acceptors (Lipinski definition) is 2. The van der Waals surface area contributed by atoms with Crippen LogP contribution in [-0.4, -0.2) is 26.3 Å². The van der Waals surface area contributed by atoms with E-state index in [-0.39, 0.29) is 0 Å². The van der Waals surface area contributed by atoms with Crippen LogP contribution < -0.4 is 5.32 Å². The molecular weight excluding hydrogens is 486 g/mol. The van der Waals surface area contributed by atoms with Gasteiger partial charge in [-0.15, -0.1) is 0 Å². The maximum Gasteiger partial charge on any atom is 0.0590 e. The molecule has 0 unspecified atom stereocenters. The van der Waals surface area contributed by atoms with Gasteiger partial charge >= 0.3 is 0 Å². The van der Waals surface area contributed by atoms with Gasteiger partial charge in [0.1, 0.15) is 0 Å². The second kappa shape index (κ2) is 38.1. The molecule has 0 saturated heterocycles. The number of unbranched alkanes of at least 4 members (excludes halogenated alkanes) is 21. The quantitative estimate of drug-likeness (QED) is 0.0625. The van der Waals surface area contributed by atoms with Gasteiger partial charge in [-0.25, -0.2) is 0 Å². The third-order valence-electron chi connectivity index (χ3n) is 7.78. The standard InChI is InChI=1S/C38H73NO/c1-3-5-7-9-11-13-15-17-19-21-23-25-27-29-31-33-35-39-36-38-40-37-34-32-30-28-26-24-22-20-18-16-14-12-10-8-6-4-2/h11,13,17-20,39H,3-10,12,14-16,21-38H2,1-2H3/b13-11-,19-17?,20-18-. The summed E-state index contributed by atoms with van der Waals surface area (Å²) in [5, 5.41) is 3.55. The lowest BCUT2D eigenvalue weighted by Gasteiger charge is -2.06. The van der Waals surface area contributed by atoms with Crippen LogP contribution in [0.4, 0.5) is 0 Å². The van der Waals surface area contributed by atoms with Gasteiger partial charge in [0, 0.05) is 13.2 Å². The molecule has 236 valence electrons. The zero-order chi connectivity index (χ0) is 28.9. The van der Waals surface area contributed by atoms with Gasteiger partial charge in [0.15, 0.2) is 0 Å². The van der Waals surface area contributed by atoms with Crippen molar-refractivity contribution in [2.24, 2.45) is 0 Å². The predicted molar refractivity (Wildman–Crippen MR) is 182 cm³/mol. The molecule has 0 aromatic rings. The maximum atomic E-state index is 5.81. The van der Waals surface area contributed by atoms with Gasteiger partial charge in [-0.2, -0.15) is 0 Å². The smallest absolute Gasteiger partial charge is 0.0590 e. The Morgan fingerprint density at radius 2 is 0.775 bits per heavy atom. The van der Waals surface area contributed by atoms with E-state index in [1.807, 2.05) is 0 Å². The molecule has 0 aliphatic rings. The molecule has 0 amide bonds. The fraction of sp³-hybridized carbons (Fsp3) is 0.842. The minimum Gasteiger partial charge on any atom is -0.380 e. The normalized spacial score (nSPS) is 12.2. The maximum absolute atomic E-state index is 5.81. The Kier molecular flexibility index (Phi) is 37.3. The number of allylic oxidation sites excluding steroid dienone is 6. The lowest BCUT2D eigenvalue weighted by atomic mass is 10.1. The first-order chi connectivity index (χ1) is 19.9. The molecule has 0 radical (unpaired) electrons. The van der Waals surface area contributed by atoms with Gasteiger partial charge < -0.3 is 10.1 Å². The van der Waals surface area contributed by atoms with Crippen molar-refractivity contribution in [3.05, 3.63) is 36.5 Å². The van der Waals surface area contributed by atoms with Crippen molar-refractivity contribution < 1.29 is 4.74 Å². The summed E-state index contributed by atoms with van der Waals surface area (Å²) in [4.78, 5) is 0. The molecule has 0 bridgehead atoms. The third kappa shape index (κ3) is 37.1. The molecule has 0 rings (SSSR count). The summed E-state index contributed by atoms with van der Waals surface area (Å²) in [7, 11) is 0. The van der Waals surface area contributed by atoms with Gasteiger partial charge in [-0.1, -0.05) is 147 Å². The number of ether oxygens (including phenoxy) is 1. The molecule has 0 fully saturated rings. The van der Waals surface area contributed by atoms with Crippen LogP contribution in [-0.2, 0) is 4.74 Å². The highest BCUT2D eigenvalue weighted by Crippen LogP contribution is 2.10. The molecule has 0 spiro atoms. The number of hydrogen-bond donors (Lipinski definition) is 1. The fourth-order valence-corrected chi connectivity index (χ4v) is 5.06. The lowest BCUT2D eigenvalue weighted by Crippen LogP contribution is -2.21. The van der Waals surface area contributed by atoms with E-state index in [9.17, 15) is 0 Å². The molecule has 0 aliphatic carbocycles. The first-order valence-corrected chi connectivity index (χ1v) is 18.1. The van der Waals surface area contributed by atoms with Gasteiger partial charge in [-0.05, 0) is 77.2 Å². The van der Waals surface area contributed by atoms with Crippen LogP contribution in [0.1, 0.15) is 181 Å².